The molecule has 1 aliphatic heterocycles. The van der Waals surface area contributed by atoms with Gasteiger partial charge in [-0.1, -0.05) is 37.1 Å². The van der Waals surface area contributed by atoms with Gasteiger partial charge in [-0.05, 0) is 50.5 Å². The largest absolute Gasteiger partial charge is 0.385 e. The van der Waals surface area contributed by atoms with Crippen LogP contribution in [0.2, 0.25) is 0 Å². The monoisotopic (exact) mass is 531 g/mol. The molecule has 1 aromatic rings. The molecule has 0 bridgehead atoms. The third kappa shape index (κ3) is 11.5. The van der Waals surface area contributed by atoms with Gasteiger partial charge in [-0.15, -0.1) is 24.0 Å². The van der Waals surface area contributed by atoms with Crippen LogP contribution in [-0.2, 0) is 17.8 Å². The molecule has 2 N–H and O–H groups in total. The summed E-state index contributed by atoms with van der Waals surface area (Å²) >= 11 is 0. The van der Waals surface area contributed by atoms with E-state index in [0.29, 0.717) is 0 Å². The molecule has 172 valence electrons. The van der Waals surface area contributed by atoms with Gasteiger partial charge in [0.25, 0.3) is 0 Å². The van der Waals surface area contributed by atoms with Crippen molar-refractivity contribution >= 4 is 29.9 Å². The van der Waals surface area contributed by atoms with Crippen molar-refractivity contribution in [3.8, 4) is 0 Å². The second-order valence-corrected chi connectivity index (χ2v) is 8.01. The Labute approximate surface area is 200 Å². The van der Waals surface area contributed by atoms with Crippen LogP contribution in [0.25, 0.3) is 0 Å². The van der Waals surface area contributed by atoms with Crippen molar-refractivity contribution in [2.45, 2.75) is 45.2 Å². The lowest BCUT2D eigenvalue weighted by molar-refractivity contribution is 0.180. The molecular formula is C23H42IN5O. The summed E-state index contributed by atoms with van der Waals surface area (Å²) in [4.78, 5) is 9.26. The van der Waals surface area contributed by atoms with Crippen LogP contribution in [-0.4, -0.2) is 76.3 Å². The quantitative estimate of drug-likeness (QED) is 0.199. The SMILES string of the molecule is CN=C(NCCN(C)CCCOC)NCc1cccc(CN2CCCCCC2)c1.I. The van der Waals surface area contributed by atoms with Crippen LogP contribution in [0.1, 0.15) is 43.2 Å². The molecule has 30 heavy (non-hydrogen) atoms. The molecule has 0 saturated carbocycles. The van der Waals surface area contributed by atoms with Gasteiger partial charge >= 0.3 is 0 Å². The minimum atomic E-state index is 0. The second kappa shape index (κ2) is 16.8. The fraction of sp³-hybridized carbons (Fsp3) is 0.696. The van der Waals surface area contributed by atoms with Gasteiger partial charge in [0.1, 0.15) is 0 Å². The Kier molecular flexibility index (Phi) is 15.2. The van der Waals surface area contributed by atoms with E-state index in [1.54, 1.807) is 7.11 Å². The number of likely N-dealkylation sites (N-methyl/N-ethyl adjacent to an activating group) is 1. The number of likely N-dealkylation sites (tertiary alicyclic amines) is 1. The molecule has 6 nitrogen and oxygen atoms in total. The van der Waals surface area contributed by atoms with Crippen molar-refractivity contribution in [1.82, 2.24) is 20.4 Å². The van der Waals surface area contributed by atoms with Crippen molar-refractivity contribution in [3.63, 3.8) is 0 Å². The van der Waals surface area contributed by atoms with Gasteiger partial charge in [0, 0.05) is 53.5 Å². The minimum Gasteiger partial charge on any atom is -0.385 e. The fourth-order valence-corrected chi connectivity index (χ4v) is 3.75. The number of benzene rings is 1. The standard InChI is InChI=1S/C23H41N5O.HI/c1-24-23(25-12-16-27(2)13-9-17-29-3)26-19-21-10-8-11-22(18-21)20-28-14-6-4-5-7-15-28;/h8,10-11,18H,4-7,9,12-17,19-20H2,1-3H3,(H2,24,25,26);1H. The highest BCUT2D eigenvalue weighted by Gasteiger charge is 2.09. The van der Waals surface area contributed by atoms with Crippen molar-refractivity contribution in [3.05, 3.63) is 35.4 Å². The average Bonchev–Trinajstić information content (AvgIpc) is 2.99. The smallest absolute Gasteiger partial charge is 0.191 e. The number of guanidine groups is 1. The molecule has 0 radical (unpaired) electrons. The molecule has 7 heteroatoms. The van der Waals surface area contributed by atoms with E-state index in [-0.39, 0.29) is 24.0 Å². The molecule has 0 amide bonds. The predicted octanol–water partition coefficient (Wildman–Crippen LogP) is 3.31. The Morgan fingerprint density at radius 3 is 2.53 bits per heavy atom. The third-order valence-electron chi connectivity index (χ3n) is 5.45. The second-order valence-electron chi connectivity index (χ2n) is 8.01. The van der Waals surface area contributed by atoms with Crippen LogP contribution >= 0.6 is 24.0 Å². The molecule has 0 atom stereocenters. The average molecular weight is 532 g/mol. The highest BCUT2D eigenvalue weighted by molar-refractivity contribution is 14.0. The first-order chi connectivity index (χ1) is 14.2. The lowest BCUT2D eigenvalue weighted by atomic mass is 10.1. The number of nitrogens with zero attached hydrogens (tertiary/aromatic N) is 3. The normalized spacial score (nSPS) is 15.5. The number of ether oxygens (including phenoxy) is 1. The highest BCUT2D eigenvalue weighted by atomic mass is 127. The first-order valence-corrected chi connectivity index (χ1v) is 11.1. The number of rotatable bonds is 11. The van der Waals surface area contributed by atoms with Gasteiger partial charge in [-0.2, -0.15) is 0 Å². The topological polar surface area (TPSA) is 52.1 Å². The molecule has 1 saturated heterocycles. The molecule has 1 fully saturated rings. The number of hydrogen-bond donors (Lipinski definition) is 2. The van der Waals surface area contributed by atoms with Gasteiger partial charge in [0.15, 0.2) is 5.96 Å². The summed E-state index contributed by atoms with van der Waals surface area (Å²) in [7, 11) is 5.72. The zero-order valence-corrected chi connectivity index (χ0v) is 21.5. The molecule has 2 rings (SSSR count). The Hall–Kier alpha value is -0.900. The molecule has 1 heterocycles. The van der Waals surface area contributed by atoms with E-state index in [1.807, 2.05) is 7.05 Å². The van der Waals surface area contributed by atoms with E-state index in [9.17, 15) is 0 Å². The summed E-state index contributed by atoms with van der Waals surface area (Å²) in [6.07, 6.45) is 6.51. The lowest BCUT2D eigenvalue weighted by Gasteiger charge is -2.20. The zero-order chi connectivity index (χ0) is 20.7. The summed E-state index contributed by atoms with van der Waals surface area (Å²) in [5.41, 5.74) is 2.71. The maximum Gasteiger partial charge on any atom is 0.191 e. The third-order valence-corrected chi connectivity index (χ3v) is 5.45. The summed E-state index contributed by atoms with van der Waals surface area (Å²) < 4.78 is 5.11. The van der Waals surface area contributed by atoms with Crippen LogP contribution in [0.5, 0.6) is 0 Å². The van der Waals surface area contributed by atoms with Crippen molar-refractivity contribution in [1.29, 1.82) is 0 Å². The van der Waals surface area contributed by atoms with Crippen molar-refractivity contribution < 1.29 is 4.74 Å². The Bertz CT molecular complexity index is 591. The van der Waals surface area contributed by atoms with E-state index in [1.165, 1.54) is 49.9 Å². The maximum atomic E-state index is 5.11. The van der Waals surface area contributed by atoms with Crippen LogP contribution in [0.3, 0.4) is 0 Å². The van der Waals surface area contributed by atoms with E-state index in [2.05, 4.69) is 56.7 Å². The molecular weight excluding hydrogens is 489 g/mol. The van der Waals surface area contributed by atoms with E-state index in [4.69, 9.17) is 4.74 Å². The van der Waals surface area contributed by atoms with Gasteiger partial charge in [0.05, 0.1) is 0 Å². The van der Waals surface area contributed by atoms with E-state index >= 15 is 0 Å². The number of methoxy groups -OCH3 is 1. The minimum absolute atomic E-state index is 0. The number of nitrogens with one attached hydrogen (secondary N) is 2. The first-order valence-electron chi connectivity index (χ1n) is 11.1. The molecule has 0 aromatic heterocycles. The zero-order valence-electron chi connectivity index (χ0n) is 19.2. The van der Waals surface area contributed by atoms with Crippen molar-refractivity contribution in [2.75, 3.05) is 60.5 Å². The van der Waals surface area contributed by atoms with Crippen LogP contribution in [0, 0.1) is 0 Å². The van der Waals surface area contributed by atoms with Gasteiger partial charge in [0.2, 0.25) is 0 Å². The van der Waals surface area contributed by atoms with Gasteiger partial charge in [-0.3, -0.25) is 9.89 Å². The van der Waals surface area contributed by atoms with E-state index < -0.39 is 0 Å². The summed E-state index contributed by atoms with van der Waals surface area (Å²) in [5, 5.41) is 6.85. The maximum absolute atomic E-state index is 5.11. The van der Waals surface area contributed by atoms with Gasteiger partial charge in [-0.25, -0.2) is 0 Å². The number of halogens is 1. The first kappa shape index (κ1) is 27.1. The number of aliphatic imine (C=N–C) groups is 1. The Balaban J connectivity index is 0.00000450. The van der Waals surface area contributed by atoms with Crippen LogP contribution < -0.4 is 10.6 Å². The molecule has 0 unspecified atom stereocenters. The van der Waals surface area contributed by atoms with Gasteiger partial charge < -0.3 is 20.3 Å². The molecule has 0 spiro atoms. The van der Waals surface area contributed by atoms with E-state index in [0.717, 1.165) is 51.7 Å². The Morgan fingerprint density at radius 2 is 1.83 bits per heavy atom. The van der Waals surface area contributed by atoms with Crippen LogP contribution in [0.4, 0.5) is 0 Å². The summed E-state index contributed by atoms with van der Waals surface area (Å²) in [5.74, 6) is 0.855. The molecule has 1 aromatic carbocycles. The predicted molar refractivity (Wildman–Crippen MR) is 138 cm³/mol. The summed E-state index contributed by atoms with van der Waals surface area (Å²) in [6, 6.07) is 8.95. The van der Waals surface area contributed by atoms with Crippen LogP contribution in [0.15, 0.2) is 29.3 Å². The highest BCUT2D eigenvalue weighted by Crippen LogP contribution is 2.14. The number of hydrogen-bond acceptors (Lipinski definition) is 4. The molecule has 1 aliphatic rings. The van der Waals surface area contributed by atoms with Crippen molar-refractivity contribution in [2.24, 2.45) is 4.99 Å². The fourth-order valence-electron chi connectivity index (χ4n) is 3.75. The molecule has 0 aliphatic carbocycles. The lowest BCUT2D eigenvalue weighted by Crippen LogP contribution is -2.40. The Morgan fingerprint density at radius 1 is 1.10 bits per heavy atom. The summed E-state index contributed by atoms with van der Waals surface area (Å²) in [6.45, 7) is 8.04.